The highest BCUT2D eigenvalue weighted by Crippen LogP contribution is 2.35. The monoisotopic (exact) mass is 297 g/mol. The van der Waals surface area contributed by atoms with Gasteiger partial charge in [-0.15, -0.1) is 0 Å². The van der Waals surface area contributed by atoms with Gasteiger partial charge in [-0.2, -0.15) is 11.3 Å². The van der Waals surface area contributed by atoms with Crippen molar-refractivity contribution in [2.75, 3.05) is 11.1 Å². The molecule has 19 heavy (non-hydrogen) atoms. The molecule has 2 heterocycles. The summed E-state index contributed by atoms with van der Waals surface area (Å²) in [7, 11) is -3.27. The zero-order valence-corrected chi connectivity index (χ0v) is 11.6. The summed E-state index contributed by atoms with van der Waals surface area (Å²) in [5, 5.41) is 7.15. The standard InChI is InChI=1S/C13H12FNO2S2/c14-9-1-2-13-11(7-9)12(4-6-19(13,16)17)15-10-3-5-18-8-10/h1-3,5,7-8,12,15H,4,6H2. The molecule has 3 rings (SSSR count). The maximum absolute atomic E-state index is 13.4. The summed E-state index contributed by atoms with van der Waals surface area (Å²) in [4.78, 5) is 0.243. The van der Waals surface area contributed by atoms with E-state index in [0.717, 1.165) is 5.69 Å². The minimum Gasteiger partial charge on any atom is -0.377 e. The van der Waals surface area contributed by atoms with Crippen LogP contribution in [0.1, 0.15) is 18.0 Å². The molecule has 1 unspecified atom stereocenters. The van der Waals surface area contributed by atoms with E-state index in [1.54, 1.807) is 11.3 Å². The number of hydrogen-bond acceptors (Lipinski definition) is 4. The summed E-state index contributed by atoms with van der Waals surface area (Å²) >= 11 is 1.56. The molecule has 6 heteroatoms. The van der Waals surface area contributed by atoms with E-state index in [4.69, 9.17) is 0 Å². The van der Waals surface area contributed by atoms with Crippen molar-refractivity contribution in [3.63, 3.8) is 0 Å². The van der Waals surface area contributed by atoms with Crippen molar-refractivity contribution < 1.29 is 12.8 Å². The van der Waals surface area contributed by atoms with Gasteiger partial charge in [-0.25, -0.2) is 12.8 Å². The second-order valence-corrected chi connectivity index (χ2v) is 7.36. The quantitative estimate of drug-likeness (QED) is 0.866. The Morgan fingerprint density at radius 2 is 2.16 bits per heavy atom. The fraction of sp³-hybridized carbons (Fsp3) is 0.231. The van der Waals surface area contributed by atoms with Gasteiger partial charge < -0.3 is 5.32 Å². The minimum atomic E-state index is -3.27. The number of benzene rings is 1. The molecule has 0 saturated heterocycles. The van der Waals surface area contributed by atoms with Gasteiger partial charge in [0.15, 0.2) is 9.84 Å². The molecule has 100 valence electrons. The number of fused-ring (bicyclic) bond motifs is 1. The third kappa shape index (κ3) is 2.37. The van der Waals surface area contributed by atoms with Gasteiger partial charge in [0.05, 0.1) is 16.7 Å². The molecule has 0 fully saturated rings. The Bertz CT molecular complexity index is 695. The van der Waals surface area contributed by atoms with Crippen molar-refractivity contribution >= 4 is 26.9 Å². The van der Waals surface area contributed by atoms with Gasteiger partial charge in [0.1, 0.15) is 5.82 Å². The molecule has 1 aliphatic rings. The summed E-state index contributed by atoms with van der Waals surface area (Å²) in [6.45, 7) is 0. The molecule has 0 amide bonds. The maximum atomic E-state index is 13.4. The molecule has 1 aromatic heterocycles. The zero-order valence-electron chi connectivity index (χ0n) is 9.97. The minimum absolute atomic E-state index is 0.0907. The van der Waals surface area contributed by atoms with Crippen molar-refractivity contribution in [1.29, 1.82) is 0 Å². The first-order valence-corrected chi connectivity index (χ1v) is 8.47. The molecule has 1 atom stereocenters. The summed E-state index contributed by atoms with van der Waals surface area (Å²) < 4.78 is 37.3. The zero-order chi connectivity index (χ0) is 13.5. The third-order valence-corrected chi connectivity index (χ3v) is 5.72. The molecule has 0 radical (unpaired) electrons. The number of sulfone groups is 1. The Morgan fingerprint density at radius 1 is 1.32 bits per heavy atom. The predicted molar refractivity (Wildman–Crippen MR) is 73.8 cm³/mol. The molecule has 2 aromatic rings. The van der Waals surface area contributed by atoms with E-state index in [9.17, 15) is 12.8 Å². The first-order valence-electron chi connectivity index (χ1n) is 5.87. The lowest BCUT2D eigenvalue weighted by molar-refractivity contribution is 0.570. The first kappa shape index (κ1) is 12.6. The van der Waals surface area contributed by atoms with Crippen molar-refractivity contribution in [1.82, 2.24) is 0 Å². The van der Waals surface area contributed by atoms with Crippen LogP contribution in [0.4, 0.5) is 10.1 Å². The van der Waals surface area contributed by atoms with Gasteiger partial charge in [0.2, 0.25) is 0 Å². The fourth-order valence-corrected chi connectivity index (χ4v) is 4.51. The van der Waals surface area contributed by atoms with Crippen molar-refractivity contribution in [3.8, 4) is 0 Å². The topological polar surface area (TPSA) is 46.2 Å². The summed E-state index contributed by atoms with van der Waals surface area (Å²) in [6, 6.07) is 5.64. The second-order valence-electron chi connectivity index (χ2n) is 4.50. The first-order chi connectivity index (χ1) is 9.06. The normalized spacial score (nSPS) is 20.8. The molecule has 0 saturated carbocycles. The van der Waals surface area contributed by atoms with Crippen LogP contribution in [0.5, 0.6) is 0 Å². The van der Waals surface area contributed by atoms with Crippen LogP contribution in [0.3, 0.4) is 0 Å². The van der Waals surface area contributed by atoms with E-state index in [-0.39, 0.29) is 16.7 Å². The van der Waals surface area contributed by atoms with Crippen LogP contribution in [0.25, 0.3) is 0 Å². The van der Waals surface area contributed by atoms with E-state index >= 15 is 0 Å². The van der Waals surface area contributed by atoms with Gasteiger partial charge in [0, 0.05) is 11.1 Å². The van der Waals surface area contributed by atoms with Crippen molar-refractivity contribution in [2.24, 2.45) is 0 Å². The molecular formula is C13H12FNO2S2. The number of hydrogen-bond donors (Lipinski definition) is 1. The third-order valence-electron chi connectivity index (χ3n) is 3.22. The van der Waals surface area contributed by atoms with Gasteiger partial charge >= 0.3 is 0 Å². The molecule has 0 bridgehead atoms. The Morgan fingerprint density at radius 3 is 2.89 bits per heavy atom. The number of nitrogens with one attached hydrogen (secondary N) is 1. The molecule has 0 spiro atoms. The predicted octanol–water partition coefficient (Wildman–Crippen LogP) is 3.22. The van der Waals surface area contributed by atoms with Crippen LogP contribution >= 0.6 is 11.3 Å². The second kappa shape index (κ2) is 4.61. The Labute approximate surface area is 115 Å². The average Bonchev–Trinajstić information content (AvgIpc) is 2.85. The highest BCUT2D eigenvalue weighted by atomic mass is 32.2. The van der Waals surface area contributed by atoms with Crippen LogP contribution in [-0.2, 0) is 9.84 Å². The lowest BCUT2D eigenvalue weighted by Crippen LogP contribution is -2.24. The van der Waals surface area contributed by atoms with Crippen LogP contribution in [-0.4, -0.2) is 14.2 Å². The van der Waals surface area contributed by atoms with Crippen LogP contribution in [0.2, 0.25) is 0 Å². The van der Waals surface area contributed by atoms with E-state index < -0.39 is 15.7 Å². The lowest BCUT2D eigenvalue weighted by Gasteiger charge is -2.26. The van der Waals surface area contributed by atoms with E-state index in [1.807, 2.05) is 16.8 Å². The van der Waals surface area contributed by atoms with Crippen LogP contribution in [0, 0.1) is 5.82 Å². The average molecular weight is 297 g/mol. The largest absolute Gasteiger partial charge is 0.377 e. The number of halogens is 1. The van der Waals surface area contributed by atoms with Gasteiger partial charge in [-0.05, 0) is 41.6 Å². The number of anilines is 1. The Hall–Kier alpha value is -1.40. The molecular weight excluding hydrogens is 285 g/mol. The molecule has 1 aromatic carbocycles. The summed E-state index contributed by atoms with van der Waals surface area (Å²) in [5.41, 5.74) is 1.46. The Balaban J connectivity index is 2.03. The SMILES string of the molecule is O=S1(=O)CCC(Nc2ccsc2)c2cc(F)ccc21. The van der Waals surface area contributed by atoms with E-state index in [1.165, 1.54) is 18.2 Å². The lowest BCUT2D eigenvalue weighted by atomic mass is 10.0. The van der Waals surface area contributed by atoms with Crippen LogP contribution < -0.4 is 5.32 Å². The number of rotatable bonds is 2. The molecule has 1 aliphatic heterocycles. The molecule has 1 N–H and O–H groups in total. The van der Waals surface area contributed by atoms with Crippen molar-refractivity contribution in [3.05, 3.63) is 46.4 Å². The summed E-state index contributed by atoms with van der Waals surface area (Å²) in [5.74, 6) is -0.319. The van der Waals surface area contributed by atoms with Crippen molar-refractivity contribution in [2.45, 2.75) is 17.4 Å². The molecule has 3 nitrogen and oxygen atoms in total. The van der Waals surface area contributed by atoms with Gasteiger partial charge in [0.25, 0.3) is 0 Å². The highest BCUT2D eigenvalue weighted by Gasteiger charge is 2.30. The molecule has 0 aliphatic carbocycles. The highest BCUT2D eigenvalue weighted by molar-refractivity contribution is 7.91. The maximum Gasteiger partial charge on any atom is 0.178 e. The fourth-order valence-electron chi connectivity index (χ4n) is 2.31. The Kier molecular flexibility index (Phi) is 3.06. The van der Waals surface area contributed by atoms with Gasteiger partial charge in [-0.1, -0.05) is 0 Å². The number of thiophene rings is 1. The summed E-state index contributed by atoms with van der Waals surface area (Å²) in [6.07, 6.45) is 0.453. The van der Waals surface area contributed by atoms with E-state index in [0.29, 0.717) is 12.0 Å². The smallest absolute Gasteiger partial charge is 0.178 e. The van der Waals surface area contributed by atoms with Crippen LogP contribution in [0.15, 0.2) is 39.9 Å². The van der Waals surface area contributed by atoms with Gasteiger partial charge in [-0.3, -0.25) is 0 Å². The van der Waals surface area contributed by atoms with E-state index in [2.05, 4.69) is 5.32 Å².